The molecule has 2 rings (SSSR count). The van der Waals surface area contributed by atoms with Crippen LogP contribution in [-0.2, 0) is 6.61 Å². The normalized spacial score (nSPS) is 10.2. The SMILES string of the molecule is Cc1ccc(OCc2ccsc2C(=O)O)c([N+](=O)[O-])c1. The minimum absolute atomic E-state index is 0.0188. The third-order valence-electron chi connectivity index (χ3n) is 2.64. The minimum atomic E-state index is -1.03. The number of thiophene rings is 1. The number of hydrogen-bond acceptors (Lipinski definition) is 5. The van der Waals surface area contributed by atoms with Gasteiger partial charge in [0.15, 0.2) is 5.75 Å². The molecule has 2 aromatic rings. The summed E-state index contributed by atoms with van der Waals surface area (Å²) in [5, 5.41) is 21.6. The van der Waals surface area contributed by atoms with Crippen LogP contribution in [0.3, 0.4) is 0 Å². The number of carboxylic acids is 1. The zero-order chi connectivity index (χ0) is 14.7. The number of nitrogens with zero attached hydrogens (tertiary/aromatic N) is 1. The van der Waals surface area contributed by atoms with Crippen molar-refractivity contribution in [1.29, 1.82) is 0 Å². The van der Waals surface area contributed by atoms with Gasteiger partial charge in [-0.15, -0.1) is 11.3 Å². The Morgan fingerprint density at radius 1 is 1.45 bits per heavy atom. The van der Waals surface area contributed by atoms with E-state index in [0.29, 0.717) is 5.56 Å². The molecule has 1 N–H and O–H groups in total. The summed E-state index contributed by atoms with van der Waals surface area (Å²) in [7, 11) is 0. The second kappa shape index (κ2) is 5.70. The first kappa shape index (κ1) is 14.0. The lowest BCUT2D eigenvalue weighted by Gasteiger charge is -2.07. The fraction of sp³-hybridized carbons (Fsp3) is 0.154. The number of carboxylic acid groups (broad SMARTS) is 1. The van der Waals surface area contributed by atoms with Gasteiger partial charge in [-0.1, -0.05) is 6.07 Å². The van der Waals surface area contributed by atoms with Crippen molar-refractivity contribution >= 4 is 23.0 Å². The maximum Gasteiger partial charge on any atom is 0.346 e. The van der Waals surface area contributed by atoms with Crippen LogP contribution >= 0.6 is 11.3 Å². The average Bonchev–Trinajstić information content (AvgIpc) is 2.85. The average molecular weight is 293 g/mol. The second-order valence-corrected chi connectivity index (χ2v) is 5.01. The Labute approximate surface area is 118 Å². The van der Waals surface area contributed by atoms with Crippen molar-refractivity contribution in [2.45, 2.75) is 13.5 Å². The van der Waals surface area contributed by atoms with Crippen molar-refractivity contribution in [3.63, 3.8) is 0 Å². The van der Waals surface area contributed by atoms with Crippen LogP contribution in [0.4, 0.5) is 5.69 Å². The van der Waals surface area contributed by atoms with Gasteiger partial charge in [0, 0.05) is 11.6 Å². The Bertz CT molecular complexity index is 665. The van der Waals surface area contributed by atoms with E-state index in [1.54, 1.807) is 24.4 Å². The molecule has 0 aliphatic carbocycles. The Hall–Kier alpha value is -2.41. The Balaban J connectivity index is 2.21. The van der Waals surface area contributed by atoms with E-state index in [4.69, 9.17) is 9.84 Å². The van der Waals surface area contributed by atoms with Crippen LogP contribution in [0.5, 0.6) is 5.75 Å². The highest BCUT2D eigenvalue weighted by Crippen LogP contribution is 2.29. The fourth-order valence-corrected chi connectivity index (χ4v) is 2.43. The Morgan fingerprint density at radius 3 is 2.85 bits per heavy atom. The number of benzene rings is 1. The Kier molecular flexibility index (Phi) is 3.99. The van der Waals surface area contributed by atoms with E-state index in [1.165, 1.54) is 12.1 Å². The van der Waals surface area contributed by atoms with Crippen LogP contribution < -0.4 is 4.74 Å². The molecule has 7 heteroatoms. The summed E-state index contributed by atoms with van der Waals surface area (Å²) in [5.41, 5.74) is 1.13. The number of aromatic carboxylic acids is 1. The van der Waals surface area contributed by atoms with E-state index in [1.807, 2.05) is 0 Å². The molecule has 20 heavy (non-hydrogen) atoms. The quantitative estimate of drug-likeness (QED) is 0.675. The van der Waals surface area contributed by atoms with Gasteiger partial charge in [0.05, 0.1) is 4.92 Å². The summed E-state index contributed by atoms with van der Waals surface area (Å²) >= 11 is 1.09. The standard InChI is InChI=1S/C13H11NO5S/c1-8-2-3-11(10(6-8)14(17)18)19-7-9-4-5-20-12(9)13(15)16/h2-6H,7H2,1H3,(H,15,16). The summed E-state index contributed by atoms with van der Waals surface area (Å²) < 4.78 is 5.39. The van der Waals surface area contributed by atoms with Crippen LogP contribution in [0, 0.1) is 17.0 Å². The fourth-order valence-electron chi connectivity index (χ4n) is 1.68. The molecule has 1 aromatic carbocycles. The molecule has 1 heterocycles. The minimum Gasteiger partial charge on any atom is -0.482 e. The van der Waals surface area contributed by atoms with Crippen LogP contribution in [0.15, 0.2) is 29.6 Å². The van der Waals surface area contributed by atoms with Crippen molar-refractivity contribution < 1.29 is 19.6 Å². The summed E-state index contributed by atoms with van der Waals surface area (Å²) in [6.07, 6.45) is 0. The van der Waals surface area contributed by atoms with E-state index in [-0.39, 0.29) is 22.9 Å². The van der Waals surface area contributed by atoms with Crippen LogP contribution in [0.2, 0.25) is 0 Å². The molecule has 0 bridgehead atoms. The van der Waals surface area contributed by atoms with Gasteiger partial charge >= 0.3 is 11.7 Å². The molecule has 0 aliphatic heterocycles. The molecule has 104 valence electrons. The molecule has 0 unspecified atom stereocenters. The molecule has 0 spiro atoms. The summed E-state index contributed by atoms with van der Waals surface area (Å²) in [6, 6.07) is 6.27. The molecular weight excluding hydrogens is 282 g/mol. The molecular formula is C13H11NO5S. The van der Waals surface area contributed by atoms with E-state index >= 15 is 0 Å². The molecule has 0 saturated carbocycles. The Morgan fingerprint density at radius 2 is 2.20 bits per heavy atom. The van der Waals surface area contributed by atoms with E-state index < -0.39 is 10.9 Å². The molecule has 0 atom stereocenters. The van der Waals surface area contributed by atoms with Gasteiger partial charge in [0.25, 0.3) is 0 Å². The van der Waals surface area contributed by atoms with Gasteiger partial charge in [-0.3, -0.25) is 10.1 Å². The third kappa shape index (κ3) is 2.94. The monoisotopic (exact) mass is 293 g/mol. The second-order valence-electron chi connectivity index (χ2n) is 4.10. The number of rotatable bonds is 5. The largest absolute Gasteiger partial charge is 0.482 e. The van der Waals surface area contributed by atoms with Crippen molar-refractivity contribution in [3.05, 3.63) is 55.8 Å². The molecule has 1 aromatic heterocycles. The van der Waals surface area contributed by atoms with Crippen LogP contribution in [-0.4, -0.2) is 16.0 Å². The van der Waals surface area contributed by atoms with Crippen molar-refractivity contribution in [2.75, 3.05) is 0 Å². The highest BCUT2D eigenvalue weighted by molar-refractivity contribution is 7.12. The number of carbonyl (C=O) groups is 1. The lowest BCUT2D eigenvalue weighted by atomic mass is 10.2. The molecule has 0 fully saturated rings. The van der Waals surface area contributed by atoms with Crippen LogP contribution in [0.25, 0.3) is 0 Å². The lowest BCUT2D eigenvalue weighted by Crippen LogP contribution is -2.03. The third-order valence-corrected chi connectivity index (χ3v) is 3.58. The number of nitro benzene ring substituents is 1. The van der Waals surface area contributed by atoms with Gasteiger partial charge in [-0.05, 0) is 30.0 Å². The van der Waals surface area contributed by atoms with Gasteiger partial charge in [0.2, 0.25) is 0 Å². The maximum absolute atomic E-state index is 11.0. The van der Waals surface area contributed by atoms with E-state index in [2.05, 4.69) is 0 Å². The first-order chi connectivity index (χ1) is 9.49. The van der Waals surface area contributed by atoms with Gasteiger partial charge in [-0.2, -0.15) is 0 Å². The predicted molar refractivity (Wildman–Crippen MR) is 73.4 cm³/mol. The first-order valence-electron chi connectivity index (χ1n) is 5.66. The van der Waals surface area contributed by atoms with Crippen LogP contribution in [0.1, 0.15) is 20.8 Å². The number of aryl methyl sites for hydroxylation is 1. The summed E-state index contributed by atoms with van der Waals surface area (Å²) in [5.74, 6) is -0.903. The predicted octanol–water partition coefficient (Wildman–Crippen LogP) is 3.24. The lowest BCUT2D eigenvalue weighted by molar-refractivity contribution is -0.386. The molecule has 0 aliphatic rings. The zero-order valence-electron chi connectivity index (χ0n) is 10.5. The molecule has 0 saturated heterocycles. The van der Waals surface area contributed by atoms with E-state index in [0.717, 1.165) is 16.9 Å². The first-order valence-corrected chi connectivity index (χ1v) is 6.54. The van der Waals surface area contributed by atoms with Crippen molar-refractivity contribution in [2.24, 2.45) is 0 Å². The maximum atomic E-state index is 11.0. The number of nitro groups is 1. The highest BCUT2D eigenvalue weighted by Gasteiger charge is 2.17. The van der Waals surface area contributed by atoms with Gasteiger partial charge < -0.3 is 9.84 Å². The molecule has 6 nitrogen and oxygen atoms in total. The number of hydrogen-bond donors (Lipinski definition) is 1. The van der Waals surface area contributed by atoms with Gasteiger partial charge in [0.1, 0.15) is 11.5 Å². The van der Waals surface area contributed by atoms with E-state index in [9.17, 15) is 14.9 Å². The summed E-state index contributed by atoms with van der Waals surface area (Å²) in [4.78, 5) is 21.6. The van der Waals surface area contributed by atoms with Crippen molar-refractivity contribution in [1.82, 2.24) is 0 Å². The topological polar surface area (TPSA) is 89.7 Å². The van der Waals surface area contributed by atoms with Gasteiger partial charge in [-0.25, -0.2) is 4.79 Å². The summed E-state index contributed by atoms with van der Waals surface area (Å²) in [6.45, 7) is 1.73. The zero-order valence-corrected chi connectivity index (χ0v) is 11.3. The van der Waals surface area contributed by atoms with Crippen molar-refractivity contribution in [3.8, 4) is 5.75 Å². The number of ether oxygens (including phenoxy) is 1. The molecule has 0 amide bonds. The highest BCUT2D eigenvalue weighted by atomic mass is 32.1. The smallest absolute Gasteiger partial charge is 0.346 e. The molecule has 0 radical (unpaired) electrons.